The van der Waals surface area contributed by atoms with Crippen molar-refractivity contribution >= 4 is 17.7 Å². The van der Waals surface area contributed by atoms with Gasteiger partial charge >= 0.3 is 5.97 Å². The number of carbonyl (C=O) groups is 1. The molecule has 7 nitrogen and oxygen atoms in total. The highest BCUT2D eigenvalue weighted by atomic mass is 19.1. The number of nitrogens with zero attached hydrogens (tertiary/aromatic N) is 4. The van der Waals surface area contributed by atoms with Crippen LogP contribution >= 0.6 is 0 Å². The molecule has 0 saturated heterocycles. The molecule has 0 radical (unpaired) electrons. The van der Waals surface area contributed by atoms with Gasteiger partial charge in [0.2, 0.25) is 0 Å². The van der Waals surface area contributed by atoms with Gasteiger partial charge in [-0.1, -0.05) is 18.2 Å². The van der Waals surface area contributed by atoms with E-state index in [1.807, 2.05) is 43.3 Å². The maximum Gasteiger partial charge on any atom is 0.331 e. The number of carbonyl (C=O) groups excluding carboxylic acids is 1. The fraction of sp³-hybridized carbons (Fsp3) is 0.0714. The van der Waals surface area contributed by atoms with Crippen molar-refractivity contribution in [3.8, 4) is 16.9 Å². The molecule has 8 heteroatoms. The van der Waals surface area contributed by atoms with E-state index in [9.17, 15) is 14.0 Å². The highest BCUT2D eigenvalue weighted by Gasteiger charge is 2.12. The number of aromatic nitrogens is 4. The van der Waals surface area contributed by atoms with Crippen molar-refractivity contribution in [2.75, 3.05) is 0 Å². The molecular formula is C28H21FN4O3. The van der Waals surface area contributed by atoms with E-state index in [0.717, 1.165) is 11.3 Å². The summed E-state index contributed by atoms with van der Waals surface area (Å²) in [4.78, 5) is 29.2. The van der Waals surface area contributed by atoms with Crippen LogP contribution in [0.3, 0.4) is 0 Å². The van der Waals surface area contributed by atoms with Gasteiger partial charge in [0.1, 0.15) is 18.1 Å². The summed E-state index contributed by atoms with van der Waals surface area (Å²) in [7, 11) is 0. The average molecular weight is 480 g/mol. The Morgan fingerprint density at radius 1 is 1.06 bits per heavy atom. The number of hydrogen-bond acceptors (Lipinski definition) is 5. The van der Waals surface area contributed by atoms with Crippen molar-refractivity contribution in [1.29, 1.82) is 0 Å². The van der Waals surface area contributed by atoms with Crippen LogP contribution in [-0.4, -0.2) is 25.1 Å². The van der Waals surface area contributed by atoms with Crippen LogP contribution in [0.1, 0.15) is 16.8 Å². The minimum Gasteiger partial charge on any atom is -0.456 e. The lowest BCUT2D eigenvalue weighted by Gasteiger charge is -2.05. The molecule has 0 unspecified atom stereocenters. The summed E-state index contributed by atoms with van der Waals surface area (Å²) in [6, 6.07) is 20.5. The van der Waals surface area contributed by atoms with Gasteiger partial charge < -0.3 is 4.74 Å². The third kappa shape index (κ3) is 4.97. The zero-order valence-electron chi connectivity index (χ0n) is 19.3. The molecule has 0 saturated carbocycles. The van der Waals surface area contributed by atoms with E-state index in [1.54, 1.807) is 41.4 Å². The van der Waals surface area contributed by atoms with Crippen molar-refractivity contribution in [2.24, 2.45) is 0 Å². The molecular weight excluding hydrogens is 459 g/mol. The molecule has 0 aliphatic heterocycles. The first kappa shape index (κ1) is 22.9. The van der Waals surface area contributed by atoms with Gasteiger partial charge in [-0.3, -0.25) is 9.20 Å². The number of benzene rings is 2. The number of halogens is 1. The van der Waals surface area contributed by atoms with Crippen LogP contribution in [0.5, 0.6) is 0 Å². The van der Waals surface area contributed by atoms with Crippen LogP contribution in [0.2, 0.25) is 0 Å². The standard InChI is InChI=1S/C28H21FN4O3/c1-19-13-14-32-25(15-19)30-23(16-26(32)34)18-36-27(35)12-9-21-17-33(24-5-3-2-4-6-24)31-28(21)20-7-10-22(29)11-8-20/h2-17H,18H2,1H3/b12-9+. The van der Waals surface area contributed by atoms with Gasteiger partial charge in [0.05, 0.1) is 17.1 Å². The van der Waals surface area contributed by atoms with Gasteiger partial charge in [-0.25, -0.2) is 18.9 Å². The highest BCUT2D eigenvalue weighted by molar-refractivity contribution is 5.88. The number of ether oxygens (including phenoxy) is 1. The molecule has 0 atom stereocenters. The smallest absolute Gasteiger partial charge is 0.331 e. The van der Waals surface area contributed by atoms with Crippen LogP contribution in [0.4, 0.5) is 4.39 Å². The van der Waals surface area contributed by atoms with Crippen molar-refractivity contribution in [3.05, 3.63) is 124 Å². The zero-order valence-corrected chi connectivity index (χ0v) is 19.3. The minimum absolute atomic E-state index is 0.142. The van der Waals surface area contributed by atoms with Crippen LogP contribution in [-0.2, 0) is 16.1 Å². The Morgan fingerprint density at radius 2 is 1.83 bits per heavy atom. The van der Waals surface area contributed by atoms with E-state index >= 15 is 0 Å². The molecule has 0 N–H and O–H groups in total. The van der Waals surface area contributed by atoms with Gasteiger partial charge in [0.25, 0.3) is 5.56 Å². The normalized spacial score (nSPS) is 11.3. The highest BCUT2D eigenvalue weighted by Crippen LogP contribution is 2.25. The molecule has 36 heavy (non-hydrogen) atoms. The maximum absolute atomic E-state index is 13.5. The second-order valence-electron chi connectivity index (χ2n) is 8.18. The van der Waals surface area contributed by atoms with Gasteiger partial charge in [-0.15, -0.1) is 0 Å². The third-order valence-corrected chi connectivity index (χ3v) is 5.52. The van der Waals surface area contributed by atoms with Crippen LogP contribution in [0.25, 0.3) is 28.7 Å². The Balaban J connectivity index is 1.37. The molecule has 5 rings (SSSR count). The zero-order chi connectivity index (χ0) is 25.1. The first-order valence-electron chi connectivity index (χ1n) is 11.2. The summed E-state index contributed by atoms with van der Waals surface area (Å²) < 4.78 is 21.9. The summed E-state index contributed by atoms with van der Waals surface area (Å²) in [6.07, 6.45) is 6.33. The monoisotopic (exact) mass is 480 g/mol. The van der Waals surface area contributed by atoms with Crippen molar-refractivity contribution in [3.63, 3.8) is 0 Å². The summed E-state index contributed by atoms with van der Waals surface area (Å²) >= 11 is 0. The van der Waals surface area contributed by atoms with E-state index in [4.69, 9.17) is 4.74 Å². The predicted octanol–water partition coefficient (Wildman–Crippen LogP) is 4.75. The molecule has 0 aliphatic rings. The van der Waals surface area contributed by atoms with E-state index in [-0.39, 0.29) is 18.0 Å². The van der Waals surface area contributed by atoms with Crippen LogP contribution < -0.4 is 5.56 Å². The predicted molar refractivity (Wildman–Crippen MR) is 134 cm³/mol. The van der Waals surface area contributed by atoms with E-state index in [0.29, 0.717) is 28.2 Å². The first-order valence-corrected chi connectivity index (χ1v) is 11.2. The van der Waals surface area contributed by atoms with Crippen molar-refractivity contribution in [2.45, 2.75) is 13.5 Å². The molecule has 5 aromatic rings. The van der Waals surface area contributed by atoms with Crippen LogP contribution in [0, 0.1) is 12.7 Å². The Hall–Kier alpha value is -4.85. The number of para-hydroxylation sites is 1. The van der Waals surface area contributed by atoms with Gasteiger partial charge in [-0.05, 0) is 67.1 Å². The molecule has 3 aromatic heterocycles. The Bertz CT molecular complexity index is 1640. The second kappa shape index (κ2) is 9.79. The van der Waals surface area contributed by atoms with Gasteiger partial charge in [0, 0.05) is 35.7 Å². The quantitative estimate of drug-likeness (QED) is 0.259. The second-order valence-corrected chi connectivity index (χ2v) is 8.18. The Morgan fingerprint density at radius 3 is 2.61 bits per heavy atom. The molecule has 0 bridgehead atoms. The number of hydrogen-bond donors (Lipinski definition) is 0. The Kier molecular flexibility index (Phi) is 6.23. The number of fused-ring (bicyclic) bond motifs is 1. The summed E-state index contributed by atoms with van der Waals surface area (Å²) in [5.74, 6) is -0.947. The number of esters is 1. The molecule has 0 fully saturated rings. The summed E-state index contributed by atoms with van der Waals surface area (Å²) in [5.41, 5.74) is 4.34. The first-order chi connectivity index (χ1) is 17.5. The molecule has 0 aliphatic carbocycles. The van der Waals surface area contributed by atoms with E-state index < -0.39 is 5.97 Å². The lowest BCUT2D eigenvalue weighted by Crippen LogP contribution is -2.16. The molecule has 178 valence electrons. The third-order valence-electron chi connectivity index (χ3n) is 5.52. The van der Waals surface area contributed by atoms with Crippen LogP contribution in [0.15, 0.2) is 96.1 Å². The van der Waals surface area contributed by atoms with E-state index in [2.05, 4.69) is 10.1 Å². The largest absolute Gasteiger partial charge is 0.456 e. The SMILES string of the molecule is Cc1ccn2c(=O)cc(COC(=O)/C=C/c3cn(-c4ccccc4)nc3-c3ccc(F)cc3)nc2c1. The van der Waals surface area contributed by atoms with Gasteiger partial charge in [-0.2, -0.15) is 5.10 Å². The Labute approximate surface area is 205 Å². The molecule has 2 aromatic carbocycles. The minimum atomic E-state index is -0.598. The van der Waals surface area contributed by atoms with E-state index in [1.165, 1.54) is 28.7 Å². The topological polar surface area (TPSA) is 78.5 Å². The summed E-state index contributed by atoms with van der Waals surface area (Å²) in [5, 5.41) is 4.64. The molecule has 0 spiro atoms. The number of pyridine rings is 1. The fourth-order valence-electron chi connectivity index (χ4n) is 3.73. The lowest BCUT2D eigenvalue weighted by molar-refractivity contribution is -0.139. The van der Waals surface area contributed by atoms with Gasteiger partial charge in [0.15, 0.2) is 0 Å². The fourth-order valence-corrected chi connectivity index (χ4v) is 3.73. The molecule has 0 amide bonds. The maximum atomic E-state index is 13.5. The average Bonchev–Trinajstić information content (AvgIpc) is 3.31. The van der Waals surface area contributed by atoms with Crippen molar-refractivity contribution in [1.82, 2.24) is 19.2 Å². The van der Waals surface area contributed by atoms with Crippen molar-refractivity contribution < 1.29 is 13.9 Å². The number of aryl methyl sites for hydroxylation is 1. The lowest BCUT2D eigenvalue weighted by atomic mass is 10.1. The molecule has 3 heterocycles. The summed E-state index contributed by atoms with van der Waals surface area (Å²) in [6.45, 7) is 1.76. The number of rotatable bonds is 6.